The second kappa shape index (κ2) is 5.51. The maximum Gasteiger partial charge on any atom is 0.0480 e. The summed E-state index contributed by atoms with van der Waals surface area (Å²) in [6, 6.07) is 0.981. The van der Waals surface area contributed by atoms with E-state index >= 15 is 0 Å². The normalized spacial score (nSPS) is 22.5. The summed E-state index contributed by atoms with van der Waals surface area (Å²) in [5.41, 5.74) is 5.64. The van der Waals surface area contributed by atoms with E-state index in [4.69, 9.17) is 10.5 Å². The second-order valence-corrected chi connectivity index (χ2v) is 3.61. The third kappa shape index (κ3) is 4.04. The van der Waals surface area contributed by atoms with E-state index < -0.39 is 0 Å². The number of hydrogen-bond acceptors (Lipinski definition) is 3. The molecule has 3 nitrogen and oxygen atoms in total. The summed E-state index contributed by atoms with van der Waals surface area (Å²) in [6.45, 7) is 4.92. The Morgan fingerprint density at radius 2 is 2.17 bits per heavy atom. The predicted molar refractivity (Wildman–Crippen MR) is 50.1 cm³/mol. The summed E-state index contributed by atoms with van der Waals surface area (Å²) in [6.07, 6.45) is 3.37. The molecule has 1 unspecified atom stereocenters. The molecule has 12 heavy (non-hydrogen) atoms. The third-order valence-electron chi connectivity index (χ3n) is 2.25. The van der Waals surface area contributed by atoms with E-state index in [0.717, 1.165) is 39.0 Å². The zero-order valence-electron chi connectivity index (χ0n) is 7.88. The van der Waals surface area contributed by atoms with E-state index in [-0.39, 0.29) is 0 Å². The van der Waals surface area contributed by atoms with Crippen molar-refractivity contribution in [3.63, 3.8) is 0 Å². The van der Waals surface area contributed by atoms with Crippen molar-refractivity contribution in [3.8, 4) is 0 Å². The topological polar surface area (TPSA) is 47.3 Å². The first kappa shape index (κ1) is 9.96. The van der Waals surface area contributed by atoms with Crippen molar-refractivity contribution >= 4 is 0 Å². The summed E-state index contributed by atoms with van der Waals surface area (Å²) >= 11 is 0. The first-order valence-corrected chi connectivity index (χ1v) is 4.86. The fourth-order valence-electron chi connectivity index (χ4n) is 1.42. The number of nitrogens with two attached hydrogens (primary N) is 1. The van der Waals surface area contributed by atoms with Gasteiger partial charge in [0.15, 0.2) is 0 Å². The van der Waals surface area contributed by atoms with Gasteiger partial charge in [-0.05, 0) is 32.7 Å². The molecule has 0 spiro atoms. The van der Waals surface area contributed by atoms with Crippen molar-refractivity contribution in [1.82, 2.24) is 5.32 Å². The Morgan fingerprint density at radius 1 is 1.50 bits per heavy atom. The van der Waals surface area contributed by atoms with Crippen LogP contribution in [0.4, 0.5) is 0 Å². The third-order valence-corrected chi connectivity index (χ3v) is 2.25. The maximum atomic E-state index is 5.64. The zero-order chi connectivity index (χ0) is 8.81. The van der Waals surface area contributed by atoms with Crippen LogP contribution in [-0.2, 0) is 4.74 Å². The molecule has 3 N–H and O–H groups in total. The van der Waals surface area contributed by atoms with Crippen LogP contribution in [0.15, 0.2) is 0 Å². The highest BCUT2D eigenvalue weighted by Gasteiger charge is 2.12. The number of nitrogens with one attached hydrogen (secondary N) is 1. The molecule has 1 atom stereocenters. The van der Waals surface area contributed by atoms with Gasteiger partial charge in [0, 0.05) is 25.3 Å². The molecule has 1 aliphatic rings. The van der Waals surface area contributed by atoms with Crippen molar-refractivity contribution in [2.75, 3.05) is 19.8 Å². The fourth-order valence-corrected chi connectivity index (χ4v) is 1.42. The van der Waals surface area contributed by atoms with Crippen LogP contribution in [0, 0.1) is 0 Å². The fraction of sp³-hybridized carbons (Fsp3) is 1.00. The molecule has 0 aromatic heterocycles. The summed E-state index contributed by atoms with van der Waals surface area (Å²) in [7, 11) is 0. The Hall–Kier alpha value is -0.120. The van der Waals surface area contributed by atoms with E-state index in [1.165, 1.54) is 0 Å². The van der Waals surface area contributed by atoms with E-state index in [1.807, 2.05) is 6.92 Å². The van der Waals surface area contributed by atoms with Crippen LogP contribution in [0.5, 0.6) is 0 Å². The van der Waals surface area contributed by atoms with Crippen molar-refractivity contribution in [3.05, 3.63) is 0 Å². The van der Waals surface area contributed by atoms with Crippen molar-refractivity contribution in [2.45, 2.75) is 38.3 Å². The van der Waals surface area contributed by atoms with Gasteiger partial charge >= 0.3 is 0 Å². The van der Waals surface area contributed by atoms with Gasteiger partial charge in [0.1, 0.15) is 0 Å². The Labute approximate surface area is 74.7 Å². The molecule has 1 rings (SSSR count). The first-order valence-electron chi connectivity index (χ1n) is 4.86. The molecule has 0 aromatic carbocycles. The van der Waals surface area contributed by atoms with Crippen molar-refractivity contribution < 1.29 is 4.74 Å². The van der Waals surface area contributed by atoms with Gasteiger partial charge in [-0.2, -0.15) is 0 Å². The molecule has 1 heterocycles. The highest BCUT2D eigenvalue weighted by Crippen LogP contribution is 2.05. The molecular weight excluding hydrogens is 152 g/mol. The van der Waals surface area contributed by atoms with Gasteiger partial charge in [-0.3, -0.25) is 0 Å². The van der Waals surface area contributed by atoms with E-state index in [0.29, 0.717) is 12.1 Å². The first-order chi connectivity index (χ1) is 5.79. The van der Waals surface area contributed by atoms with Crippen LogP contribution in [0.25, 0.3) is 0 Å². The van der Waals surface area contributed by atoms with Gasteiger partial charge < -0.3 is 15.8 Å². The molecule has 1 aliphatic heterocycles. The molecule has 0 bridgehead atoms. The van der Waals surface area contributed by atoms with Gasteiger partial charge in [0.05, 0.1) is 0 Å². The molecule has 72 valence electrons. The Bertz CT molecular complexity index is 111. The SMILES string of the molecule is CC(N)CCNC1CCOCC1. The lowest BCUT2D eigenvalue weighted by atomic mass is 10.1. The van der Waals surface area contributed by atoms with Gasteiger partial charge in [-0.15, -0.1) is 0 Å². The molecule has 0 aliphatic carbocycles. The maximum absolute atomic E-state index is 5.64. The van der Waals surface area contributed by atoms with E-state index in [1.54, 1.807) is 0 Å². The molecule has 0 amide bonds. The molecule has 3 heteroatoms. The Balaban J connectivity index is 1.98. The summed E-state index contributed by atoms with van der Waals surface area (Å²) in [5, 5.41) is 3.49. The van der Waals surface area contributed by atoms with Gasteiger partial charge in [0.25, 0.3) is 0 Å². The standard InChI is InChI=1S/C9H20N2O/c1-8(10)2-5-11-9-3-6-12-7-4-9/h8-9,11H,2-7,10H2,1H3. The largest absolute Gasteiger partial charge is 0.381 e. The van der Waals surface area contributed by atoms with Crippen LogP contribution in [0.3, 0.4) is 0 Å². The van der Waals surface area contributed by atoms with Crippen LogP contribution in [0.2, 0.25) is 0 Å². The minimum Gasteiger partial charge on any atom is -0.381 e. The van der Waals surface area contributed by atoms with Crippen molar-refractivity contribution in [1.29, 1.82) is 0 Å². The quantitative estimate of drug-likeness (QED) is 0.649. The number of hydrogen-bond donors (Lipinski definition) is 2. The summed E-state index contributed by atoms with van der Waals surface area (Å²) in [5.74, 6) is 0. The summed E-state index contributed by atoms with van der Waals surface area (Å²) in [4.78, 5) is 0. The minimum atomic E-state index is 0.317. The van der Waals surface area contributed by atoms with E-state index in [2.05, 4.69) is 5.32 Å². The van der Waals surface area contributed by atoms with Crippen LogP contribution in [-0.4, -0.2) is 31.8 Å². The highest BCUT2D eigenvalue weighted by atomic mass is 16.5. The molecule has 0 saturated carbocycles. The van der Waals surface area contributed by atoms with Gasteiger partial charge in [-0.25, -0.2) is 0 Å². The smallest absolute Gasteiger partial charge is 0.0480 e. The van der Waals surface area contributed by atoms with Crippen molar-refractivity contribution in [2.24, 2.45) is 5.73 Å². The summed E-state index contributed by atoms with van der Waals surface area (Å²) < 4.78 is 5.26. The number of rotatable bonds is 4. The lowest BCUT2D eigenvalue weighted by molar-refractivity contribution is 0.0779. The lowest BCUT2D eigenvalue weighted by Crippen LogP contribution is -2.36. The average molecular weight is 172 g/mol. The number of ether oxygens (including phenoxy) is 1. The average Bonchev–Trinajstić information content (AvgIpc) is 2.05. The molecule has 0 radical (unpaired) electrons. The van der Waals surface area contributed by atoms with Crippen LogP contribution in [0.1, 0.15) is 26.2 Å². The second-order valence-electron chi connectivity index (χ2n) is 3.61. The predicted octanol–water partition coefficient (Wildman–Crippen LogP) is 0.492. The molecular formula is C9H20N2O. The Morgan fingerprint density at radius 3 is 2.75 bits per heavy atom. The molecule has 1 fully saturated rings. The van der Waals surface area contributed by atoms with Crippen LogP contribution < -0.4 is 11.1 Å². The monoisotopic (exact) mass is 172 g/mol. The molecule has 1 saturated heterocycles. The molecule has 0 aromatic rings. The lowest BCUT2D eigenvalue weighted by Gasteiger charge is -2.23. The highest BCUT2D eigenvalue weighted by molar-refractivity contribution is 4.70. The van der Waals surface area contributed by atoms with E-state index in [9.17, 15) is 0 Å². The van der Waals surface area contributed by atoms with Gasteiger partial charge in [0.2, 0.25) is 0 Å². The Kier molecular flexibility index (Phi) is 4.58. The van der Waals surface area contributed by atoms with Gasteiger partial charge in [-0.1, -0.05) is 0 Å². The minimum absolute atomic E-state index is 0.317. The van der Waals surface area contributed by atoms with Crippen LogP contribution >= 0.6 is 0 Å². The zero-order valence-corrected chi connectivity index (χ0v) is 7.88.